The molecule has 0 heterocycles. The van der Waals surface area contributed by atoms with Gasteiger partial charge in [-0.25, -0.2) is 0 Å². The van der Waals surface area contributed by atoms with E-state index in [1.807, 2.05) is 21.1 Å². The Labute approximate surface area is 330 Å². The minimum atomic E-state index is -4.63. The Morgan fingerprint density at radius 2 is 1.06 bits per heavy atom. The van der Waals surface area contributed by atoms with Crippen LogP contribution in [0.2, 0.25) is 0 Å². The van der Waals surface area contributed by atoms with Gasteiger partial charge in [0, 0.05) is 12.8 Å². The summed E-state index contributed by atoms with van der Waals surface area (Å²) in [5, 5.41) is 0. The van der Waals surface area contributed by atoms with Crippen molar-refractivity contribution in [1.82, 2.24) is 0 Å². The number of esters is 2. The summed E-state index contributed by atoms with van der Waals surface area (Å²) in [7, 11) is 1.13. The lowest BCUT2D eigenvalue weighted by atomic mass is 10.1. The Bertz CT molecular complexity index is 1110. The fraction of sp³-hybridized carbons (Fsp3) is 0.727. The first-order valence-electron chi connectivity index (χ1n) is 21.0. The highest BCUT2D eigenvalue weighted by molar-refractivity contribution is 7.45. The highest BCUT2D eigenvalue weighted by atomic mass is 31.2. The number of unbranched alkanes of at least 4 members (excludes halogenated alkanes) is 13. The van der Waals surface area contributed by atoms with Crippen LogP contribution in [0.5, 0.6) is 0 Å². The second kappa shape index (κ2) is 36.4. The largest absolute Gasteiger partial charge is 0.756 e. The van der Waals surface area contributed by atoms with E-state index in [-0.39, 0.29) is 26.1 Å². The molecule has 0 rings (SSSR count). The predicted octanol–water partition coefficient (Wildman–Crippen LogP) is 11.1. The van der Waals surface area contributed by atoms with Gasteiger partial charge < -0.3 is 27.9 Å². The first-order chi connectivity index (χ1) is 26.0. The molecule has 0 aliphatic heterocycles. The summed E-state index contributed by atoms with van der Waals surface area (Å²) in [6.45, 7) is 4.04. The second-order valence-electron chi connectivity index (χ2n) is 15.0. The minimum absolute atomic E-state index is 0.0392. The number of hydrogen-bond donors (Lipinski definition) is 0. The summed E-state index contributed by atoms with van der Waals surface area (Å²) in [5.74, 6) is -0.878. The van der Waals surface area contributed by atoms with Crippen LogP contribution in [0.4, 0.5) is 0 Å². The first kappa shape index (κ1) is 51.7. The lowest BCUT2D eigenvalue weighted by Crippen LogP contribution is -2.37. The molecule has 0 saturated carbocycles. The van der Waals surface area contributed by atoms with Crippen molar-refractivity contribution in [2.75, 3.05) is 47.5 Å². The van der Waals surface area contributed by atoms with Crippen molar-refractivity contribution < 1.29 is 42.1 Å². The molecule has 0 amide bonds. The highest BCUT2D eigenvalue weighted by Crippen LogP contribution is 2.38. The Balaban J connectivity index is 4.45. The van der Waals surface area contributed by atoms with Crippen LogP contribution in [0.25, 0.3) is 0 Å². The molecule has 0 fully saturated rings. The monoisotopic (exact) mass is 780 g/mol. The Morgan fingerprint density at radius 1 is 0.593 bits per heavy atom. The topological polar surface area (TPSA) is 111 Å². The molecule has 0 saturated heterocycles. The molecule has 2 atom stereocenters. The van der Waals surface area contributed by atoms with Crippen LogP contribution in [-0.2, 0) is 32.7 Å². The molecule has 0 N–H and O–H groups in total. The van der Waals surface area contributed by atoms with Crippen LogP contribution in [0.3, 0.4) is 0 Å². The molecular weight excluding hydrogens is 701 g/mol. The summed E-state index contributed by atoms with van der Waals surface area (Å²) < 4.78 is 33.8. The minimum Gasteiger partial charge on any atom is -0.756 e. The summed E-state index contributed by atoms with van der Waals surface area (Å²) in [5.41, 5.74) is 0. The van der Waals surface area contributed by atoms with Gasteiger partial charge >= 0.3 is 11.9 Å². The fourth-order valence-electron chi connectivity index (χ4n) is 5.23. The average molecular weight is 780 g/mol. The van der Waals surface area contributed by atoms with E-state index in [9.17, 15) is 19.0 Å². The van der Waals surface area contributed by atoms with Crippen LogP contribution in [0.1, 0.15) is 155 Å². The van der Waals surface area contributed by atoms with Crippen LogP contribution >= 0.6 is 7.82 Å². The Hall–Kier alpha value is -2.29. The van der Waals surface area contributed by atoms with Crippen molar-refractivity contribution in [2.45, 2.75) is 161 Å². The van der Waals surface area contributed by atoms with E-state index in [0.717, 1.165) is 89.9 Å². The van der Waals surface area contributed by atoms with Crippen molar-refractivity contribution >= 4 is 19.8 Å². The SMILES string of the molecule is CC/C=C\C/C=C\C/C=C\C/C=C\CCCCCCC(=O)OC[C@H](COP(=O)([O-])OCC[N+](C)(C)C)OC(=O)CCCCCCC/C=C\CCCCCC. The number of quaternary nitrogens is 1. The van der Waals surface area contributed by atoms with Crippen molar-refractivity contribution in [2.24, 2.45) is 0 Å². The average Bonchev–Trinajstić information content (AvgIpc) is 3.12. The summed E-state index contributed by atoms with van der Waals surface area (Å²) in [6.07, 6.45) is 42.4. The molecule has 0 aromatic rings. The number of ether oxygens (including phenoxy) is 2. The molecule has 0 spiro atoms. The van der Waals surface area contributed by atoms with E-state index in [1.165, 1.54) is 25.7 Å². The zero-order chi connectivity index (χ0) is 40.0. The number of nitrogens with zero attached hydrogens (tertiary/aromatic N) is 1. The molecule has 10 heteroatoms. The molecule has 312 valence electrons. The van der Waals surface area contributed by atoms with Gasteiger partial charge in [0.25, 0.3) is 7.82 Å². The zero-order valence-electron chi connectivity index (χ0n) is 34.9. The molecule has 0 radical (unpaired) electrons. The molecule has 54 heavy (non-hydrogen) atoms. The van der Waals surface area contributed by atoms with Crippen LogP contribution in [0, 0.1) is 0 Å². The van der Waals surface area contributed by atoms with E-state index in [0.29, 0.717) is 23.9 Å². The standard InChI is InChI=1S/C44H78NO8P/c1-6-8-10-12-14-16-18-20-21-22-23-25-26-28-30-32-34-36-43(46)50-40-42(41-52-54(48,49)51-39-38-45(3,4)5)53-44(47)37-35-33-31-29-27-24-19-17-15-13-11-9-7-2/h8,10,14,16-17,19-21,23,25,42H,6-7,9,11-13,15,18,22,24,26-41H2,1-5H3/b10-8-,16-14-,19-17-,21-20-,25-23-/t42-/m1/s1. The lowest BCUT2D eigenvalue weighted by Gasteiger charge is -2.28. The van der Waals surface area contributed by atoms with Gasteiger partial charge in [-0.2, -0.15) is 0 Å². The van der Waals surface area contributed by atoms with Crippen molar-refractivity contribution in [1.29, 1.82) is 0 Å². The third kappa shape index (κ3) is 39.4. The van der Waals surface area contributed by atoms with E-state index < -0.39 is 32.5 Å². The summed E-state index contributed by atoms with van der Waals surface area (Å²) >= 11 is 0. The highest BCUT2D eigenvalue weighted by Gasteiger charge is 2.21. The zero-order valence-corrected chi connectivity index (χ0v) is 35.8. The van der Waals surface area contributed by atoms with Crippen molar-refractivity contribution in [3.8, 4) is 0 Å². The molecule has 1 unspecified atom stereocenters. The molecule has 0 aromatic heterocycles. The number of phosphoric acid groups is 1. The smallest absolute Gasteiger partial charge is 0.306 e. The predicted molar refractivity (Wildman–Crippen MR) is 222 cm³/mol. The van der Waals surface area contributed by atoms with Gasteiger partial charge in [0.1, 0.15) is 19.8 Å². The maximum absolute atomic E-state index is 12.6. The second-order valence-corrected chi connectivity index (χ2v) is 16.4. The van der Waals surface area contributed by atoms with Gasteiger partial charge in [-0.1, -0.05) is 126 Å². The third-order valence-corrected chi connectivity index (χ3v) is 9.49. The number of carbonyl (C=O) groups excluding carboxylic acids is 2. The van der Waals surface area contributed by atoms with E-state index in [2.05, 4.69) is 74.6 Å². The number of carbonyl (C=O) groups is 2. The van der Waals surface area contributed by atoms with Gasteiger partial charge in [-0.15, -0.1) is 0 Å². The molecular formula is C44H78NO8P. The molecule has 0 aliphatic carbocycles. The number of hydrogen-bond acceptors (Lipinski definition) is 8. The third-order valence-electron chi connectivity index (χ3n) is 8.52. The van der Waals surface area contributed by atoms with Gasteiger partial charge in [-0.05, 0) is 77.0 Å². The van der Waals surface area contributed by atoms with Gasteiger partial charge in [0.05, 0.1) is 27.7 Å². The van der Waals surface area contributed by atoms with Gasteiger partial charge in [0.15, 0.2) is 6.10 Å². The van der Waals surface area contributed by atoms with E-state index >= 15 is 0 Å². The van der Waals surface area contributed by atoms with E-state index in [1.54, 1.807) is 0 Å². The van der Waals surface area contributed by atoms with Crippen LogP contribution in [-0.4, -0.2) is 70.0 Å². The number of phosphoric ester groups is 1. The number of allylic oxidation sites excluding steroid dienone is 10. The summed E-state index contributed by atoms with van der Waals surface area (Å²) in [4.78, 5) is 37.4. The molecule has 9 nitrogen and oxygen atoms in total. The molecule has 0 aromatic carbocycles. The Kier molecular flexibility index (Phi) is 34.8. The van der Waals surface area contributed by atoms with Crippen LogP contribution < -0.4 is 4.89 Å². The normalized spacial score (nSPS) is 14.3. The maximum Gasteiger partial charge on any atom is 0.306 e. The number of rotatable bonds is 37. The summed E-state index contributed by atoms with van der Waals surface area (Å²) in [6, 6.07) is 0. The quantitative estimate of drug-likeness (QED) is 0.0201. The van der Waals surface area contributed by atoms with Crippen LogP contribution in [0.15, 0.2) is 60.8 Å². The fourth-order valence-corrected chi connectivity index (χ4v) is 5.96. The van der Waals surface area contributed by atoms with Crippen molar-refractivity contribution in [3.05, 3.63) is 60.8 Å². The first-order valence-corrected chi connectivity index (χ1v) is 22.5. The maximum atomic E-state index is 12.6. The van der Waals surface area contributed by atoms with E-state index in [4.69, 9.17) is 18.5 Å². The van der Waals surface area contributed by atoms with Crippen molar-refractivity contribution in [3.63, 3.8) is 0 Å². The van der Waals surface area contributed by atoms with Gasteiger partial charge in [0.2, 0.25) is 0 Å². The molecule has 0 aliphatic rings. The molecule has 0 bridgehead atoms. The number of likely N-dealkylation sites (N-methyl/N-ethyl adjacent to an activating group) is 1. The lowest BCUT2D eigenvalue weighted by molar-refractivity contribution is -0.870. The van der Waals surface area contributed by atoms with Gasteiger partial charge in [-0.3, -0.25) is 14.2 Å². The Morgan fingerprint density at radius 3 is 1.59 bits per heavy atom.